The van der Waals surface area contributed by atoms with Crippen molar-refractivity contribution in [2.24, 2.45) is 0 Å². The van der Waals surface area contributed by atoms with Crippen LogP contribution in [0.4, 0.5) is 4.39 Å². The van der Waals surface area contributed by atoms with Gasteiger partial charge in [0.25, 0.3) is 0 Å². The molecule has 1 aliphatic rings. The number of hydrogen-bond donors (Lipinski definition) is 0. The van der Waals surface area contributed by atoms with Crippen molar-refractivity contribution < 1.29 is 4.39 Å². The van der Waals surface area contributed by atoms with Crippen LogP contribution in [0.15, 0.2) is 42.5 Å². The molecule has 21 heavy (non-hydrogen) atoms. The molecule has 0 radical (unpaired) electrons. The average Bonchev–Trinajstić information content (AvgIpc) is 2.53. The van der Waals surface area contributed by atoms with Gasteiger partial charge in [0.2, 0.25) is 0 Å². The number of hydrogen-bond acceptors (Lipinski definition) is 0. The van der Waals surface area contributed by atoms with E-state index in [1.165, 1.54) is 48.4 Å². The summed E-state index contributed by atoms with van der Waals surface area (Å²) >= 11 is 0. The van der Waals surface area contributed by atoms with Gasteiger partial charge >= 0.3 is 0 Å². The highest BCUT2D eigenvalue weighted by atomic mass is 19.1. The van der Waals surface area contributed by atoms with Crippen LogP contribution in [0.25, 0.3) is 16.6 Å². The molecular weight excluding hydrogens is 259 g/mol. The van der Waals surface area contributed by atoms with E-state index >= 15 is 0 Å². The van der Waals surface area contributed by atoms with Gasteiger partial charge in [-0.15, -0.1) is 0 Å². The van der Waals surface area contributed by atoms with E-state index in [0.29, 0.717) is 5.92 Å². The molecule has 1 aliphatic carbocycles. The van der Waals surface area contributed by atoms with Crippen LogP contribution in [0.1, 0.15) is 62.5 Å². The van der Waals surface area contributed by atoms with Gasteiger partial charge in [0.1, 0.15) is 5.83 Å². The molecule has 2 aromatic rings. The largest absolute Gasteiger partial charge is 0.207 e. The Hall–Kier alpha value is -1.63. The molecule has 1 heteroatoms. The topological polar surface area (TPSA) is 0 Å². The summed E-state index contributed by atoms with van der Waals surface area (Å²) in [5.41, 5.74) is 2.06. The highest BCUT2D eigenvalue weighted by Crippen LogP contribution is 2.41. The van der Waals surface area contributed by atoms with E-state index in [9.17, 15) is 4.39 Å². The molecule has 3 rings (SSSR count). The summed E-state index contributed by atoms with van der Waals surface area (Å²) in [5, 5.41) is 2.46. The molecule has 0 nitrogen and oxygen atoms in total. The number of fused-ring (bicyclic) bond motifs is 3. The van der Waals surface area contributed by atoms with Crippen molar-refractivity contribution in [2.75, 3.05) is 0 Å². The normalized spacial score (nSPS) is 17.6. The Morgan fingerprint density at radius 2 is 1.90 bits per heavy atom. The Morgan fingerprint density at radius 1 is 1.05 bits per heavy atom. The molecule has 0 aromatic heterocycles. The highest BCUT2D eigenvalue weighted by molar-refractivity contribution is 5.91. The van der Waals surface area contributed by atoms with Gasteiger partial charge in [-0.3, -0.25) is 0 Å². The lowest BCUT2D eigenvalue weighted by Crippen LogP contribution is -2.07. The third-order valence-electron chi connectivity index (χ3n) is 4.62. The van der Waals surface area contributed by atoms with E-state index in [-0.39, 0.29) is 5.83 Å². The molecule has 1 unspecified atom stereocenters. The van der Waals surface area contributed by atoms with Gasteiger partial charge in [-0.2, -0.15) is 0 Å². The van der Waals surface area contributed by atoms with Crippen LogP contribution in [-0.4, -0.2) is 0 Å². The number of unbranched alkanes of at least 4 members (excludes halogenated alkanes) is 3. The Morgan fingerprint density at radius 3 is 2.76 bits per heavy atom. The second-order valence-electron chi connectivity index (χ2n) is 6.08. The van der Waals surface area contributed by atoms with Gasteiger partial charge in [-0.1, -0.05) is 69.0 Å². The van der Waals surface area contributed by atoms with Crippen LogP contribution in [0, 0.1) is 0 Å². The van der Waals surface area contributed by atoms with Crippen molar-refractivity contribution in [3.8, 4) is 0 Å². The fourth-order valence-corrected chi connectivity index (χ4v) is 3.50. The average molecular weight is 282 g/mol. The second kappa shape index (κ2) is 6.43. The first-order valence-electron chi connectivity index (χ1n) is 8.19. The lowest BCUT2D eigenvalue weighted by atomic mass is 9.80. The lowest BCUT2D eigenvalue weighted by molar-refractivity contribution is 0.550. The third-order valence-corrected chi connectivity index (χ3v) is 4.62. The Kier molecular flexibility index (Phi) is 4.38. The molecular formula is C20H23F. The van der Waals surface area contributed by atoms with Crippen LogP contribution in [0.2, 0.25) is 0 Å². The molecule has 0 fully saturated rings. The molecule has 0 saturated heterocycles. The first-order valence-corrected chi connectivity index (χ1v) is 8.19. The van der Waals surface area contributed by atoms with Gasteiger partial charge in [0.15, 0.2) is 0 Å². The summed E-state index contributed by atoms with van der Waals surface area (Å²) in [7, 11) is 0. The van der Waals surface area contributed by atoms with E-state index in [1.807, 2.05) is 12.1 Å². The first kappa shape index (κ1) is 14.3. The van der Waals surface area contributed by atoms with Crippen molar-refractivity contribution >= 4 is 16.6 Å². The van der Waals surface area contributed by atoms with E-state index < -0.39 is 0 Å². The molecule has 110 valence electrons. The van der Waals surface area contributed by atoms with Crippen LogP contribution in [0.3, 0.4) is 0 Å². The standard InChI is InChI=1S/C20H23F/c1-2-3-4-5-9-16-12-14-19(21)18-13-11-15-8-6-7-10-17(15)20(16)18/h6-8,10-11,13-14,16H,2-5,9,12H2,1H3. The maximum atomic E-state index is 14.2. The first-order chi connectivity index (χ1) is 10.3. The zero-order valence-electron chi connectivity index (χ0n) is 12.7. The summed E-state index contributed by atoms with van der Waals surface area (Å²) in [6.07, 6.45) is 8.90. The van der Waals surface area contributed by atoms with Crippen molar-refractivity contribution in [2.45, 2.75) is 51.4 Å². The molecule has 0 heterocycles. The Balaban J connectivity index is 1.95. The van der Waals surface area contributed by atoms with Crippen LogP contribution >= 0.6 is 0 Å². The van der Waals surface area contributed by atoms with Crippen LogP contribution < -0.4 is 0 Å². The second-order valence-corrected chi connectivity index (χ2v) is 6.08. The van der Waals surface area contributed by atoms with E-state index in [0.717, 1.165) is 12.0 Å². The molecule has 1 atom stereocenters. The fraction of sp³-hybridized carbons (Fsp3) is 0.400. The molecule has 2 aromatic carbocycles. The minimum Gasteiger partial charge on any atom is -0.207 e. The third kappa shape index (κ3) is 2.88. The summed E-state index contributed by atoms with van der Waals surface area (Å²) in [4.78, 5) is 0. The van der Waals surface area contributed by atoms with Gasteiger partial charge in [0.05, 0.1) is 0 Å². The van der Waals surface area contributed by atoms with Crippen molar-refractivity contribution in [1.82, 2.24) is 0 Å². The van der Waals surface area contributed by atoms with Gasteiger partial charge in [-0.05, 0) is 41.2 Å². The van der Waals surface area contributed by atoms with E-state index in [4.69, 9.17) is 0 Å². The van der Waals surface area contributed by atoms with Crippen molar-refractivity contribution in [3.63, 3.8) is 0 Å². The summed E-state index contributed by atoms with van der Waals surface area (Å²) in [5.74, 6) is 0.433. The number of benzene rings is 2. The van der Waals surface area contributed by atoms with Crippen LogP contribution in [-0.2, 0) is 0 Å². The molecule has 0 saturated carbocycles. The monoisotopic (exact) mass is 282 g/mol. The predicted molar refractivity (Wildman–Crippen MR) is 89.2 cm³/mol. The maximum absolute atomic E-state index is 14.2. The molecule has 0 N–H and O–H groups in total. The van der Waals surface area contributed by atoms with Gasteiger partial charge < -0.3 is 0 Å². The van der Waals surface area contributed by atoms with E-state index in [2.05, 4.69) is 31.2 Å². The maximum Gasteiger partial charge on any atom is 0.126 e. The summed E-state index contributed by atoms with van der Waals surface area (Å²) in [6.45, 7) is 2.24. The minimum atomic E-state index is -0.0411. The van der Waals surface area contributed by atoms with Crippen LogP contribution in [0.5, 0.6) is 0 Å². The molecule has 0 aliphatic heterocycles. The minimum absolute atomic E-state index is 0.0411. The highest BCUT2D eigenvalue weighted by Gasteiger charge is 2.23. The Bertz CT molecular complexity index is 654. The van der Waals surface area contributed by atoms with Crippen molar-refractivity contribution in [3.05, 3.63) is 53.6 Å². The summed E-state index contributed by atoms with van der Waals surface area (Å²) in [6, 6.07) is 12.4. The fourth-order valence-electron chi connectivity index (χ4n) is 3.50. The Labute approximate surface area is 126 Å². The summed E-state index contributed by atoms with van der Waals surface area (Å²) < 4.78 is 14.2. The number of halogens is 1. The predicted octanol–water partition coefficient (Wildman–Crippen LogP) is 6.61. The van der Waals surface area contributed by atoms with Gasteiger partial charge in [0, 0.05) is 5.56 Å². The van der Waals surface area contributed by atoms with Crippen molar-refractivity contribution in [1.29, 1.82) is 0 Å². The number of rotatable bonds is 5. The zero-order chi connectivity index (χ0) is 14.7. The quantitative estimate of drug-likeness (QED) is 0.541. The van der Waals surface area contributed by atoms with Gasteiger partial charge in [-0.25, -0.2) is 4.39 Å². The smallest absolute Gasteiger partial charge is 0.126 e. The number of allylic oxidation sites excluding steroid dienone is 1. The molecule has 0 spiro atoms. The lowest BCUT2D eigenvalue weighted by Gasteiger charge is -2.25. The van der Waals surface area contributed by atoms with E-state index in [1.54, 1.807) is 6.08 Å². The molecule has 0 amide bonds. The SMILES string of the molecule is CCCCCCC1CC=C(F)c2ccc3ccccc3c21. The molecule has 0 bridgehead atoms. The zero-order valence-corrected chi connectivity index (χ0v) is 12.7.